The predicted molar refractivity (Wildman–Crippen MR) is 97.2 cm³/mol. The molecule has 1 saturated heterocycles. The molecule has 0 unspecified atom stereocenters. The van der Waals surface area contributed by atoms with E-state index in [9.17, 15) is 4.79 Å². The average molecular weight is 382 g/mol. The van der Waals surface area contributed by atoms with Gasteiger partial charge in [0.15, 0.2) is 0 Å². The van der Waals surface area contributed by atoms with Crippen molar-refractivity contribution < 1.29 is 13.9 Å². The topological polar surface area (TPSA) is 67.1 Å². The van der Waals surface area contributed by atoms with E-state index in [2.05, 4.69) is 10.5 Å². The van der Waals surface area contributed by atoms with Gasteiger partial charge in [0.05, 0.1) is 31.0 Å². The van der Waals surface area contributed by atoms with Crippen molar-refractivity contribution >= 4 is 35.3 Å². The molecule has 0 radical (unpaired) electrons. The van der Waals surface area contributed by atoms with Gasteiger partial charge in [-0.3, -0.25) is 9.69 Å². The maximum atomic E-state index is 11.8. The van der Waals surface area contributed by atoms with Crippen LogP contribution in [0.3, 0.4) is 0 Å². The zero-order chi connectivity index (χ0) is 17.6. The van der Waals surface area contributed by atoms with Gasteiger partial charge < -0.3 is 9.15 Å². The largest absolute Gasteiger partial charge is 0.455 e. The highest BCUT2D eigenvalue weighted by atomic mass is 35.5. The third kappa shape index (κ3) is 5.06. The molecule has 1 aromatic carbocycles. The Kier molecular flexibility index (Phi) is 6.09. The Hall–Kier alpha value is -1.86. The number of carbonyl (C=O) groups excluding carboxylic acids is 1. The van der Waals surface area contributed by atoms with Gasteiger partial charge in [-0.15, -0.1) is 0 Å². The van der Waals surface area contributed by atoms with Crippen molar-refractivity contribution in [3.63, 3.8) is 0 Å². The summed E-state index contributed by atoms with van der Waals surface area (Å²) in [7, 11) is 0. The number of benzene rings is 1. The van der Waals surface area contributed by atoms with E-state index in [1.165, 1.54) is 6.21 Å². The van der Waals surface area contributed by atoms with Gasteiger partial charge in [-0.1, -0.05) is 23.2 Å². The van der Waals surface area contributed by atoms with Gasteiger partial charge in [-0.05, 0) is 30.3 Å². The van der Waals surface area contributed by atoms with E-state index in [1.807, 2.05) is 4.90 Å². The van der Waals surface area contributed by atoms with Gasteiger partial charge in [0.25, 0.3) is 5.91 Å². The van der Waals surface area contributed by atoms with Crippen LogP contribution in [0, 0.1) is 0 Å². The van der Waals surface area contributed by atoms with E-state index in [-0.39, 0.29) is 5.91 Å². The molecule has 1 amide bonds. The second-order valence-electron chi connectivity index (χ2n) is 5.51. The van der Waals surface area contributed by atoms with Crippen LogP contribution in [-0.2, 0) is 9.53 Å². The Bertz CT molecular complexity index is 770. The first-order chi connectivity index (χ1) is 12.1. The number of nitrogens with zero attached hydrogens (tertiary/aromatic N) is 2. The summed E-state index contributed by atoms with van der Waals surface area (Å²) in [6, 6.07) is 8.66. The Morgan fingerprint density at radius 3 is 2.84 bits per heavy atom. The zero-order valence-corrected chi connectivity index (χ0v) is 14.9. The second kappa shape index (κ2) is 8.49. The maximum Gasteiger partial charge on any atom is 0.254 e. The van der Waals surface area contributed by atoms with Crippen LogP contribution >= 0.6 is 23.2 Å². The van der Waals surface area contributed by atoms with Crippen LogP contribution in [0.15, 0.2) is 39.9 Å². The smallest absolute Gasteiger partial charge is 0.254 e. The van der Waals surface area contributed by atoms with Crippen molar-refractivity contribution in [2.45, 2.75) is 0 Å². The molecule has 2 aromatic rings. The molecule has 1 N–H and O–H groups in total. The molecular formula is C17H17Cl2N3O3. The van der Waals surface area contributed by atoms with E-state index < -0.39 is 0 Å². The van der Waals surface area contributed by atoms with Gasteiger partial charge in [-0.2, -0.15) is 5.10 Å². The van der Waals surface area contributed by atoms with E-state index in [4.69, 9.17) is 32.4 Å². The number of morpholine rings is 1. The fraction of sp³-hybridized carbons (Fsp3) is 0.294. The fourth-order valence-corrected chi connectivity index (χ4v) is 2.80. The first-order valence-corrected chi connectivity index (χ1v) is 8.55. The lowest BCUT2D eigenvalue weighted by Crippen LogP contribution is -2.42. The molecule has 2 heterocycles. The molecule has 132 valence electrons. The lowest BCUT2D eigenvalue weighted by atomic mass is 10.2. The molecule has 25 heavy (non-hydrogen) atoms. The summed E-state index contributed by atoms with van der Waals surface area (Å²) >= 11 is 12.1. The minimum atomic E-state index is -0.178. The van der Waals surface area contributed by atoms with Crippen molar-refractivity contribution in [1.82, 2.24) is 10.3 Å². The van der Waals surface area contributed by atoms with Gasteiger partial charge in [0, 0.05) is 23.7 Å². The van der Waals surface area contributed by atoms with E-state index in [0.717, 1.165) is 13.1 Å². The number of rotatable bonds is 5. The highest BCUT2D eigenvalue weighted by Gasteiger charge is 2.13. The summed E-state index contributed by atoms with van der Waals surface area (Å²) in [5.41, 5.74) is 3.19. The number of hydrogen-bond donors (Lipinski definition) is 1. The van der Waals surface area contributed by atoms with Crippen molar-refractivity contribution in [2.24, 2.45) is 5.10 Å². The Morgan fingerprint density at radius 2 is 2.04 bits per heavy atom. The summed E-state index contributed by atoms with van der Waals surface area (Å²) in [6.07, 6.45) is 1.44. The summed E-state index contributed by atoms with van der Waals surface area (Å²) in [5, 5.41) is 5.03. The normalized spacial score (nSPS) is 15.6. The lowest BCUT2D eigenvalue weighted by molar-refractivity contribution is -0.123. The molecule has 1 aliphatic heterocycles. The molecule has 3 rings (SSSR count). The third-order valence-corrected chi connectivity index (χ3v) is 4.24. The van der Waals surface area contributed by atoms with Gasteiger partial charge in [-0.25, -0.2) is 5.43 Å². The van der Waals surface area contributed by atoms with E-state index in [1.54, 1.807) is 30.3 Å². The number of carbonyl (C=O) groups is 1. The SMILES string of the molecule is O=C(CN1CCOCC1)N/N=C\c1ccc(-c2cc(Cl)ccc2Cl)o1. The highest BCUT2D eigenvalue weighted by molar-refractivity contribution is 6.35. The van der Waals surface area contributed by atoms with Crippen molar-refractivity contribution in [2.75, 3.05) is 32.8 Å². The van der Waals surface area contributed by atoms with Crippen LogP contribution in [0.5, 0.6) is 0 Å². The molecule has 0 bridgehead atoms. The van der Waals surface area contributed by atoms with Crippen molar-refractivity contribution in [1.29, 1.82) is 0 Å². The quantitative estimate of drug-likeness (QED) is 0.638. The van der Waals surface area contributed by atoms with Crippen LogP contribution < -0.4 is 5.43 Å². The molecule has 1 aliphatic rings. The number of hydrogen-bond acceptors (Lipinski definition) is 5. The molecule has 0 saturated carbocycles. The van der Waals surface area contributed by atoms with Gasteiger partial charge in [0.1, 0.15) is 11.5 Å². The Balaban J connectivity index is 1.56. The number of furan rings is 1. The van der Waals surface area contributed by atoms with Crippen LogP contribution in [0.4, 0.5) is 0 Å². The Labute approximate surface area is 155 Å². The minimum Gasteiger partial charge on any atom is -0.455 e. The fourth-order valence-electron chi connectivity index (χ4n) is 2.42. The summed E-state index contributed by atoms with van der Waals surface area (Å²) in [6.45, 7) is 3.09. The van der Waals surface area contributed by atoms with Crippen LogP contribution in [0.1, 0.15) is 5.76 Å². The molecule has 0 spiro atoms. The molecule has 8 heteroatoms. The van der Waals surface area contributed by atoms with Crippen molar-refractivity contribution in [3.8, 4) is 11.3 Å². The standard InChI is InChI=1S/C17H17Cl2N3O3/c18-12-1-3-15(19)14(9-12)16-4-2-13(25-16)10-20-21-17(23)11-22-5-7-24-8-6-22/h1-4,9-10H,5-8,11H2,(H,21,23)/b20-10-. The number of halogens is 2. The third-order valence-electron chi connectivity index (χ3n) is 3.67. The second-order valence-corrected chi connectivity index (χ2v) is 6.35. The average Bonchev–Trinajstić information content (AvgIpc) is 3.06. The minimum absolute atomic E-state index is 0.178. The lowest BCUT2D eigenvalue weighted by Gasteiger charge is -2.25. The van der Waals surface area contributed by atoms with E-state index >= 15 is 0 Å². The first kappa shape index (κ1) is 17.9. The monoisotopic (exact) mass is 381 g/mol. The van der Waals surface area contributed by atoms with Crippen molar-refractivity contribution in [3.05, 3.63) is 46.1 Å². The zero-order valence-electron chi connectivity index (χ0n) is 13.4. The Morgan fingerprint density at radius 1 is 1.24 bits per heavy atom. The summed E-state index contributed by atoms with van der Waals surface area (Å²) in [5.74, 6) is 0.897. The number of ether oxygens (including phenoxy) is 1. The number of nitrogens with one attached hydrogen (secondary N) is 1. The van der Waals surface area contributed by atoms with Crippen LogP contribution in [-0.4, -0.2) is 49.9 Å². The number of amides is 1. The number of hydrazone groups is 1. The maximum absolute atomic E-state index is 11.8. The van der Waals surface area contributed by atoms with Crippen LogP contribution in [0.2, 0.25) is 10.0 Å². The van der Waals surface area contributed by atoms with Crippen LogP contribution in [0.25, 0.3) is 11.3 Å². The summed E-state index contributed by atoms with van der Waals surface area (Å²) < 4.78 is 10.9. The molecule has 1 fully saturated rings. The summed E-state index contributed by atoms with van der Waals surface area (Å²) in [4.78, 5) is 13.9. The van der Waals surface area contributed by atoms with E-state index in [0.29, 0.717) is 46.9 Å². The predicted octanol–water partition coefficient (Wildman–Crippen LogP) is 3.04. The molecular weight excluding hydrogens is 365 g/mol. The highest BCUT2D eigenvalue weighted by Crippen LogP contribution is 2.31. The van der Waals surface area contributed by atoms with Gasteiger partial charge in [0.2, 0.25) is 0 Å². The molecule has 0 atom stereocenters. The molecule has 6 nitrogen and oxygen atoms in total. The molecule has 1 aromatic heterocycles. The first-order valence-electron chi connectivity index (χ1n) is 7.79. The van der Waals surface area contributed by atoms with Gasteiger partial charge >= 0.3 is 0 Å². The molecule has 0 aliphatic carbocycles.